The summed E-state index contributed by atoms with van der Waals surface area (Å²) in [6, 6.07) is 9.92. The molecule has 1 aromatic carbocycles. The van der Waals surface area contributed by atoms with Crippen LogP contribution in [0.15, 0.2) is 30.3 Å². The van der Waals surface area contributed by atoms with Crippen LogP contribution in [0.3, 0.4) is 0 Å². The van der Waals surface area contributed by atoms with Gasteiger partial charge in [0.25, 0.3) is 0 Å². The second-order valence-corrected chi connectivity index (χ2v) is 3.63. The Morgan fingerprint density at radius 2 is 1.94 bits per heavy atom. The number of benzene rings is 1. The van der Waals surface area contributed by atoms with Crippen LogP contribution >= 0.6 is 0 Å². The highest BCUT2D eigenvalue weighted by atomic mass is 15.8. The van der Waals surface area contributed by atoms with Crippen molar-refractivity contribution in [2.75, 3.05) is 21.7 Å². The fraction of sp³-hybridized carbons (Fsp3) is 0.100. The van der Waals surface area contributed by atoms with Crippen molar-refractivity contribution in [3.63, 3.8) is 0 Å². The van der Waals surface area contributed by atoms with Crippen LogP contribution in [0, 0.1) is 0 Å². The molecule has 0 amide bonds. The molecule has 3 rings (SSSR count). The van der Waals surface area contributed by atoms with Gasteiger partial charge in [0.05, 0.1) is 5.69 Å². The van der Waals surface area contributed by atoms with E-state index in [4.69, 9.17) is 5.73 Å². The summed E-state index contributed by atoms with van der Waals surface area (Å²) in [6.07, 6.45) is 0. The fourth-order valence-electron chi connectivity index (χ4n) is 1.74. The minimum absolute atomic E-state index is 0.489. The van der Waals surface area contributed by atoms with Crippen molar-refractivity contribution < 1.29 is 0 Å². The minimum Gasteiger partial charge on any atom is -0.380 e. The van der Waals surface area contributed by atoms with Gasteiger partial charge in [-0.05, 0) is 12.1 Å². The zero-order valence-electron chi connectivity index (χ0n) is 8.81. The standard InChI is InChI=1S/C10H12N6/c1-15-10-8(9(11)13-15)12-16(14-10)7-5-3-2-4-6-7/h2-6,12,14H,1H3,(H2,11,13). The second-order valence-electron chi connectivity index (χ2n) is 3.63. The third kappa shape index (κ3) is 1.16. The van der Waals surface area contributed by atoms with Crippen molar-refractivity contribution >= 4 is 23.0 Å². The summed E-state index contributed by atoms with van der Waals surface area (Å²) >= 11 is 0. The van der Waals surface area contributed by atoms with E-state index in [-0.39, 0.29) is 0 Å². The average Bonchev–Trinajstić information content (AvgIpc) is 2.83. The number of aromatic nitrogens is 2. The summed E-state index contributed by atoms with van der Waals surface area (Å²) in [5.74, 6) is 1.35. The van der Waals surface area contributed by atoms with E-state index in [2.05, 4.69) is 16.0 Å². The van der Waals surface area contributed by atoms with E-state index >= 15 is 0 Å². The van der Waals surface area contributed by atoms with Crippen molar-refractivity contribution in [1.29, 1.82) is 0 Å². The van der Waals surface area contributed by atoms with Crippen LogP contribution in [-0.2, 0) is 7.05 Å². The van der Waals surface area contributed by atoms with Crippen molar-refractivity contribution in [2.45, 2.75) is 0 Å². The number of nitrogen functional groups attached to an aromatic ring is 1. The maximum atomic E-state index is 5.77. The van der Waals surface area contributed by atoms with Crippen molar-refractivity contribution in [2.24, 2.45) is 7.05 Å². The SMILES string of the molecule is Cn1nc(N)c2c1NN(c1ccccc1)N2. The molecule has 0 saturated carbocycles. The van der Waals surface area contributed by atoms with Crippen LogP contribution in [0.4, 0.5) is 23.0 Å². The Kier molecular flexibility index (Phi) is 1.70. The number of nitrogens with two attached hydrogens (primary N) is 1. The van der Waals surface area contributed by atoms with Crippen LogP contribution in [-0.4, -0.2) is 9.78 Å². The molecule has 1 aromatic heterocycles. The molecular weight excluding hydrogens is 204 g/mol. The lowest BCUT2D eigenvalue weighted by Crippen LogP contribution is -2.30. The highest BCUT2D eigenvalue weighted by molar-refractivity contribution is 5.84. The number of rotatable bonds is 1. The summed E-state index contributed by atoms with van der Waals surface area (Å²) in [4.78, 5) is 0. The summed E-state index contributed by atoms with van der Waals surface area (Å²) in [5.41, 5.74) is 13.9. The second kappa shape index (κ2) is 3.06. The van der Waals surface area contributed by atoms with E-state index in [1.165, 1.54) is 0 Å². The zero-order valence-corrected chi connectivity index (χ0v) is 8.81. The Morgan fingerprint density at radius 3 is 2.62 bits per heavy atom. The highest BCUT2D eigenvalue weighted by Crippen LogP contribution is 2.34. The van der Waals surface area contributed by atoms with Gasteiger partial charge in [0.15, 0.2) is 11.6 Å². The summed E-state index contributed by atoms with van der Waals surface area (Å²) in [7, 11) is 1.85. The molecule has 6 heteroatoms. The van der Waals surface area contributed by atoms with Crippen molar-refractivity contribution in [3.05, 3.63) is 30.3 Å². The minimum atomic E-state index is 0.489. The van der Waals surface area contributed by atoms with Gasteiger partial charge >= 0.3 is 0 Å². The van der Waals surface area contributed by atoms with Gasteiger partial charge in [-0.2, -0.15) is 10.2 Å². The van der Waals surface area contributed by atoms with E-state index in [1.807, 2.05) is 42.5 Å². The Balaban J connectivity index is 1.94. The van der Waals surface area contributed by atoms with Gasteiger partial charge in [-0.3, -0.25) is 10.9 Å². The molecule has 0 spiro atoms. The first-order valence-electron chi connectivity index (χ1n) is 4.96. The van der Waals surface area contributed by atoms with Gasteiger partial charge in [0, 0.05) is 7.05 Å². The van der Waals surface area contributed by atoms with Crippen molar-refractivity contribution in [3.8, 4) is 0 Å². The third-order valence-corrected chi connectivity index (χ3v) is 2.53. The van der Waals surface area contributed by atoms with E-state index in [9.17, 15) is 0 Å². The normalized spacial score (nSPS) is 13.2. The molecule has 0 radical (unpaired) electrons. The maximum Gasteiger partial charge on any atom is 0.173 e. The molecule has 0 atom stereocenters. The molecule has 6 nitrogen and oxygen atoms in total. The first kappa shape index (κ1) is 8.90. The van der Waals surface area contributed by atoms with E-state index in [0.717, 1.165) is 17.2 Å². The number of anilines is 4. The Morgan fingerprint density at radius 1 is 1.19 bits per heavy atom. The predicted molar refractivity (Wildman–Crippen MR) is 63.8 cm³/mol. The number of hydrogen-bond donors (Lipinski definition) is 3. The Bertz CT molecular complexity index is 491. The number of hydrogen-bond acceptors (Lipinski definition) is 5. The van der Waals surface area contributed by atoms with Crippen molar-refractivity contribution in [1.82, 2.24) is 9.78 Å². The van der Waals surface area contributed by atoms with Gasteiger partial charge in [-0.15, -0.1) is 0 Å². The lowest BCUT2D eigenvalue weighted by atomic mass is 10.3. The van der Waals surface area contributed by atoms with E-state index in [1.54, 1.807) is 4.68 Å². The van der Waals surface area contributed by atoms with Gasteiger partial charge in [0.1, 0.15) is 5.69 Å². The zero-order chi connectivity index (χ0) is 11.1. The molecule has 4 N–H and O–H groups in total. The summed E-state index contributed by atoms with van der Waals surface area (Å²) in [6.45, 7) is 0. The van der Waals surface area contributed by atoms with E-state index in [0.29, 0.717) is 5.82 Å². The summed E-state index contributed by atoms with van der Waals surface area (Å²) < 4.78 is 1.71. The van der Waals surface area contributed by atoms with Gasteiger partial charge < -0.3 is 5.73 Å². The van der Waals surface area contributed by atoms with Gasteiger partial charge in [-0.25, -0.2) is 4.68 Å². The van der Waals surface area contributed by atoms with Gasteiger partial charge in [0.2, 0.25) is 0 Å². The average molecular weight is 216 g/mol. The summed E-state index contributed by atoms with van der Waals surface area (Å²) in [5, 5.41) is 5.91. The number of nitrogens with zero attached hydrogens (tertiary/aromatic N) is 3. The van der Waals surface area contributed by atoms with Crippen LogP contribution in [0.25, 0.3) is 0 Å². The Hall–Kier alpha value is -2.37. The third-order valence-electron chi connectivity index (χ3n) is 2.53. The first-order valence-corrected chi connectivity index (χ1v) is 4.96. The quantitative estimate of drug-likeness (QED) is 0.667. The monoisotopic (exact) mass is 216 g/mol. The number of aryl methyl sites for hydroxylation is 1. The fourth-order valence-corrected chi connectivity index (χ4v) is 1.74. The molecule has 1 aliphatic rings. The Labute approximate surface area is 92.6 Å². The number of nitrogens with one attached hydrogen (secondary N) is 2. The molecule has 1 aliphatic heterocycles. The molecule has 2 aromatic rings. The molecule has 0 aliphatic carbocycles. The number of fused-ring (bicyclic) bond motifs is 1. The lowest BCUT2D eigenvalue weighted by Gasteiger charge is -2.19. The lowest BCUT2D eigenvalue weighted by molar-refractivity contribution is 0.775. The van der Waals surface area contributed by atoms with Gasteiger partial charge in [-0.1, -0.05) is 18.2 Å². The number of hydrazine groups is 2. The van der Waals surface area contributed by atoms with Crippen LogP contribution in [0.2, 0.25) is 0 Å². The molecule has 0 fully saturated rings. The molecule has 0 unspecified atom stereocenters. The van der Waals surface area contributed by atoms with Crippen LogP contribution < -0.4 is 21.7 Å². The van der Waals surface area contributed by atoms with E-state index < -0.39 is 0 Å². The topological polar surface area (TPSA) is 71.1 Å². The maximum absolute atomic E-state index is 5.77. The number of para-hydroxylation sites is 1. The smallest absolute Gasteiger partial charge is 0.173 e. The van der Waals surface area contributed by atoms with Crippen LogP contribution in [0.5, 0.6) is 0 Å². The molecular formula is C10H12N6. The van der Waals surface area contributed by atoms with Crippen LogP contribution in [0.1, 0.15) is 0 Å². The molecule has 16 heavy (non-hydrogen) atoms. The molecule has 82 valence electrons. The highest BCUT2D eigenvalue weighted by Gasteiger charge is 2.24. The molecule has 0 bridgehead atoms. The largest absolute Gasteiger partial charge is 0.380 e. The predicted octanol–water partition coefficient (Wildman–Crippen LogP) is 1.18. The first-order chi connectivity index (χ1) is 7.75. The molecule has 0 saturated heterocycles. The molecule has 2 heterocycles.